The molecule has 1 amide bonds. The molecule has 0 saturated carbocycles. The van der Waals surface area contributed by atoms with Crippen LogP contribution in [-0.2, 0) is 4.79 Å². The van der Waals surface area contributed by atoms with Gasteiger partial charge in [0.2, 0.25) is 5.91 Å². The number of piperidine rings is 1. The smallest absolute Gasteiger partial charge is 0.236 e. The Bertz CT molecular complexity index is 212. The number of likely N-dealkylation sites (tertiary alicyclic amines) is 1. The molecule has 0 aromatic rings. The zero-order valence-corrected chi connectivity index (χ0v) is 10.5. The van der Waals surface area contributed by atoms with Gasteiger partial charge in [-0.2, -0.15) is 0 Å². The highest BCUT2D eigenvalue weighted by Gasteiger charge is 2.18. The number of carbonyl (C=O) groups is 1. The Balaban J connectivity index is 2.16. The standard InChI is InChI=1S/C12H25N3O/c1-3-4-11(13)12(16)14-9-10-5-7-15(2)8-6-10/h10-11H,3-9,13H2,1-2H3,(H,14,16)/t11-/m1/s1. The van der Waals surface area contributed by atoms with Crippen molar-refractivity contribution < 1.29 is 4.79 Å². The Morgan fingerprint density at radius 3 is 2.69 bits per heavy atom. The maximum absolute atomic E-state index is 11.6. The molecule has 0 unspecified atom stereocenters. The summed E-state index contributed by atoms with van der Waals surface area (Å²) in [4.78, 5) is 13.9. The molecule has 1 heterocycles. The van der Waals surface area contributed by atoms with Gasteiger partial charge in [0.25, 0.3) is 0 Å². The van der Waals surface area contributed by atoms with Crippen molar-refractivity contribution in [1.82, 2.24) is 10.2 Å². The summed E-state index contributed by atoms with van der Waals surface area (Å²) in [5, 5.41) is 2.97. The Labute approximate surface area is 98.6 Å². The monoisotopic (exact) mass is 227 g/mol. The second-order valence-corrected chi connectivity index (χ2v) is 4.89. The number of hydrogen-bond acceptors (Lipinski definition) is 3. The number of nitrogens with two attached hydrogens (primary N) is 1. The maximum Gasteiger partial charge on any atom is 0.236 e. The molecule has 0 aliphatic carbocycles. The molecule has 0 aromatic heterocycles. The molecule has 1 rings (SSSR count). The van der Waals surface area contributed by atoms with Crippen LogP contribution in [-0.4, -0.2) is 43.5 Å². The molecule has 4 heteroatoms. The topological polar surface area (TPSA) is 58.4 Å². The van der Waals surface area contributed by atoms with Gasteiger partial charge >= 0.3 is 0 Å². The van der Waals surface area contributed by atoms with Crippen LogP contribution in [0.25, 0.3) is 0 Å². The maximum atomic E-state index is 11.6. The first-order chi connectivity index (χ1) is 7.63. The molecule has 0 spiro atoms. The van der Waals surface area contributed by atoms with Gasteiger partial charge in [0.15, 0.2) is 0 Å². The number of rotatable bonds is 5. The summed E-state index contributed by atoms with van der Waals surface area (Å²) < 4.78 is 0. The van der Waals surface area contributed by atoms with E-state index in [-0.39, 0.29) is 11.9 Å². The third-order valence-electron chi connectivity index (χ3n) is 3.34. The zero-order valence-electron chi connectivity index (χ0n) is 10.5. The predicted molar refractivity (Wildman–Crippen MR) is 66.1 cm³/mol. The van der Waals surface area contributed by atoms with Gasteiger partial charge in [-0.25, -0.2) is 0 Å². The molecule has 0 aromatic carbocycles. The van der Waals surface area contributed by atoms with Crippen LogP contribution in [0.3, 0.4) is 0 Å². The second-order valence-electron chi connectivity index (χ2n) is 4.89. The van der Waals surface area contributed by atoms with E-state index < -0.39 is 0 Å². The van der Waals surface area contributed by atoms with Crippen molar-refractivity contribution in [3.8, 4) is 0 Å². The van der Waals surface area contributed by atoms with E-state index in [9.17, 15) is 4.79 Å². The average molecular weight is 227 g/mol. The number of amides is 1. The number of nitrogens with zero attached hydrogens (tertiary/aromatic N) is 1. The van der Waals surface area contributed by atoms with Crippen molar-refractivity contribution in [3.05, 3.63) is 0 Å². The fraction of sp³-hybridized carbons (Fsp3) is 0.917. The Morgan fingerprint density at radius 2 is 2.12 bits per heavy atom. The highest BCUT2D eigenvalue weighted by molar-refractivity contribution is 5.81. The van der Waals surface area contributed by atoms with Gasteiger partial charge in [-0.05, 0) is 45.3 Å². The van der Waals surface area contributed by atoms with Gasteiger partial charge in [-0.3, -0.25) is 4.79 Å². The largest absolute Gasteiger partial charge is 0.354 e. The van der Waals surface area contributed by atoms with E-state index in [0.29, 0.717) is 5.92 Å². The SMILES string of the molecule is CCC[C@@H](N)C(=O)NCC1CCN(C)CC1. The first kappa shape index (κ1) is 13.5. The molecule has 16 heavy (non-hydrogen) atoms. The molecule has 1 aliphatic rings. The Morgan fingerprint density at radius 1 is 1.50 bits per heavy atom. The summed E-state index contributed by atoms with van der Waals surface area (Å²) in [5.41, 5.74) is 5.75. The van der Waals surface area contributed by atoms with Crippen molar-refractivity contribution in [3.63, 3.8) is 0 Å². The normalized spacial score (nSPS) is 20.7. The van der Waals surface area contributed by atoms with Gasteiger partial charge in [0.05, 0.1) is 6.04 Å². The Kier molecular flexibility index (Phi) is 5.77. The van der Waals surface area contributed by atoms with Gasteiger partial charge in [-0.15, -0.1) is 0 Å². The lowest BCUT2D eigenvalue weighted by Crippen LogP contribution is -2.43. The van der Waals surface area contributed by atoms with Gasteiger partial charge in [0, 0.05) is 6.54 Å². The molecule has 3 N–H and O–H groups in total. The second kappa shape index (κ2) is 6.86. The van der Waals surface area contributed by atoms with Crippen molar-refractivity contribution in [2.24, 2.45) is 11.7 Å². The molecule has 0 bridgehead atoms. The Hall–Kier alpha value is -0.610. The van der Waals surface area contributed by atoms with Crippen molar-refractivity contribution in [2.45, 2.75) is 38.6 Å². The highest BCUT2D eigenvalue weighted by atomic mass is 16.2. The lowest BCUT2D eigenvalue weighted by atomic mass is 9.97. The molecule has 0 radical (unpaired) electrons. The molecule has 94 valence electrons. The molecular formula is C12H25N3O. The first-order valence-electron chi connectivity index (χ1n) is 6.35. The fourth-order valence-electron chi connectivity index (χ4n) is 2.08. The predicted octanol–water partition coefficient (Wildman–Crippen LogP) is 0.572. The van der Waals surface area contributed by atoms with E-state index in [1.807, 2.05) is 6.92 Å². The highest BCUT2D eigenvalue weighted by Crippen LogP contribution is 2.14. The van der Waals surface area contributed by atoms with E-state index >= 15 is 0 Å². The lowest BCUT2D eigenvalue weighted by molar-refractivity contribution is -0.122. The molecule has 1 aliphatic heterocycles. The van der Waals surface area contributed by atoms with E-state index in [2.05, 4.69) is 17.3 Å². The van der Waals surface area contributed by atoms with Gasteiger partial charge in [-0.1, -0.05) is 13.3 Å². The zero-order chi connectivity index (χ0) is 12.0. The molecular weight excluding hydrogens is 202 g/mol. The van der Waals surface area contributed by atoms with E-state index in [4.69, 9.17) is 5.73 Å². The first-order valence-corrected chi connectivity index (χ1v) is 6.35. The summed E-state index contributed by atoms with van der Waals surface area (Å²) in [5.74, 6) is 0.648. The minimum Gasteiger partial charge on any atom is -0.354 e. The number of nitrogens with one attached hydrogen (secondary N) is 1. The van der Waals surface area contributed by atoms with Crippen molar-refractivity contribution in [2.75, 3.05) is 26.7 Å². The average Bonchev–Trinajstić information content (AvgIpc) is 2.28. The van der Waals surface area contributed by atoms with Crippen LogP contribution in [0.1, 0.15) is 32.6 Å². The van der Waals surface area contributed by atoms with Crippen LogP contribution in [0.2, 0.25) is 0 Å². The fourth-order valence-corrected chi connectivity index (χ4v) is 2.08. The van der Waals surface area contributed by atoms with E-state index in [1.165, 1.54) is 12.8 Å². The van der Waals surface area contributed by atoms with Crippen molar-refractivity contribution in [1.29, 1.82) is 0 Å². The van der Waals surface area contributed by atoms with Crippen LogP contribution in [0, 0.1) is 5.92 Å². The third-order valence-corrected chi connectivity index (χ3v) is 3.34. The lowest BCUT2D eigenvalue weighted by Gasteiger charge is -2.29. The summed E-state index contributed by atoms with van der Waals surface area (Å²) >= 11 is 0. The molecule has 4 nitrogen and oxygen atoms in total. The third kappa shape index (κ3) is 4.49. The minimum atomic E-state index is -0.323. The summed E-state index contributed by atoms with van der Waals surface area (Å²) in [6, 6.07) is -0.323. The van der Waals surface area contributed by atoms with Gasteiger partial charge in [0.1, 0.15) is 0 Å². The molecule has 1 atom stereocenters. The van der Waals surface area contributed by atoms with E-state index in [0.717, 1.165) is 32.5 Å². The van der Waals surface area contributed by atoms with Gasteiger partial charge < -0.3 is 16.0 Å². The van der Waals surface area contributed by atoms with Crippen LogP contribution in [0.5, 0.6) is 0 Å². The summed E-state index contributed by atoms with van der Waals surface area (Å²) in [6.45, 7) is 5.12. The molecule has 1 saturated heterocycles. The summed E-state index contributed by atoms with van der Waals surface area (Å²) in [6.07, 6.45) is 4.10. The van der Waals surface area contributed by atoms with Crippen LogP contribution in [0.15, 0.2) is 0 Å². The number of hydrogen-bond donors (Lipinski definition) is 2. The van der Waals surface area contributed by atoms with E-state index in [1.54, 1.807) is 0 Å². The molecule has 1 fully saturated rings. The van der Waals surface area contributed by atoms with Crippen molar-refractivity contribution >= 4 is 5.91 Å². The minimum absolute atomic E-state index is 0.0146. The van der Waals surface area contributed by atoms with Crippen LogP contribution >= 0.6 is 0 Å². The van der Waals surface area contributed by atoms with Crippen LogP contribution < -0.4 is 11.1 Å². The summed E-state index contributed by atoms with van der Waals surface area (Å²) in [7, 11) is 2.14. The quantitative estimate of drug-likeness (QED) is 0.722. The number of carbonyl (C=O) groups excluding carboxylic acids is 1. The van der Waals surface area contributed by atoms with Crippen LogP contribution in [0.4, 0.5) is 0 Å².